The van der Waals surface area contributed by atoms with Gasteiger partial charge >= 0.3 is 0 Å². The van der Waals surface area contributed by atoms with Crippen molar-refractivity contribution >= 4 is 27.2 Å². The maximum atomic E-state index is 10.0. The first-order valence-corrected chi connectivity index (χ1v) is 13.6. The van der Waals surface area contributed by atoms with Crippen molar-refractivity contribution in [3.8, 4) is 28.4 Å². The molecule has 198 valence electrons. The molecule has 6 rings (SSSR count). The third kappa shape index (κ3) is 5.71. The van der Waals surface area contributed by atoms with Crippen LogP contribution in [-0.4, -0.2) is 23.4 Å². The van der Waals surface area contributed by atoms with E-state index < -0.39 is 0 Å². The van der Waals surface area contributed by atoms with Crippen molar-refractivity contribution in [3.05, 3.63) is 132 Å². The zero-order chi connectivity index (χ0) is 27.3. The van der Waals surface area contributed by atoms with Crippen LogP contribution >= 0.6 is 0 Å². The van der Waals surface area contributed by atoms with Crippen LogP contribution in [0, 0.1) is 0 Å². The molecule has 0 fully saturated rings. The SMILES string of the molecule is Oc1ccc(-c2ccc3cc(O)ccc3c2Cc2ccc(OCCCNc3ccc4ccccc4c3)cc2)cc1. The lowest BCUT2D eigenvalue weighted by atomic mass is 9.90. The van der Waals surface area contributed by atoms with E-state index in [4.69, 9.17) is 4.74 Å². The van der Waals surface area contributed by atoms with E-state index in [0.29, 0.717) is 6.61 Å². The van der Waals surface area contributed by atoms with E-state index in [9.17, 15) is 10.2 Å². The number of ether oxygens (including phenoxy) is 1. The molecule has 0 aromatic heterocycles. The third-order valence-electron chi connectivity index (χ3n) is 7.27. The van der Waals surface area contributed by atoms with E-state index in [1.165, 1.54) is 21.9 Å². The quantitative estimate of drug-likeness (QED) is 0.166. The van der Waals surface area contributed by atoms with Gasteiger partial charge in [-0.25, -0.2) is 0 Å². The van der Waals surface area contributed by atoms with E-state index in [1.54, 1.807) is 24.3 Å². The van der Waals surface area contributed by atoms with Crippen LogP contribution in [0.3, 0.4) is 0 Å². The topological polar surface area (TPSA) is 61.7 Å². The summed E-state index contributed by atoms with van der Waals surface area (Å²) in [5.41, 5.74) is 5.62. The summed E-state index contributed by atoms with van der Waals surface area (Å²) in [4.78, 5) is 0. The highest BCUT2D eigenvalue weighted by Crippen LogP contribution is 2.34. The molecule has 0 heterocycles. The summed E-state index contributed by atoms with van der Waals surface area (Å²) in [6.45, 7) is 1.48. The lowest BCUT2D eigenvalue weighted by molar-refractivity contribution is 0.315. The van der Waals surface area contributed by atoms with Gasteiger partial charge in [-0.15, -0.1) is 0 Å². The molecule has 4 nitrogen and oxygen atoms in total. The number of hydrogen-bond donors (Lipinski definition) is 3. The van der Waals surface area contributed by atoms with Gasteiger partial charge in [0.2, 0.25) is 0 Å². The van der Waals surface area contributed by atoms with Crippen molar-refractivity contribution in [2.45, 2.75) is 12.8 Å². The molecular weight excluding hydrogens is 494 g/mol. The standard InChI is InChI=1S/C36H31NO3/c38-31-13-9-27(10-14-31)34-18-11-29-24-32(39)15-19-35(29)36(34)22-25-6-16-33(17-7-25)40-21-3-20-37-30-12-8-26-4-1-2-5-28(26)23-30/h1-2,4-19,23-24,37-39H,3,20-22H2. The van der Waals surface area contributed by atoms with Crippen LogP contribution in [0.15, 0.2) is 121 Å². The van der Waals surface area contributed by atoms with Gasteiger partial charge in [-0.3, -0.25) is 0 Å². The van der Waals surface area contributed by atoms with Crippen LogP contribution in [0.25, 0.3) is 32.7 Å². The molecule has 0 aliphatic rings. The molecule has 0 unspecified atom stereocenters. The van der Waals surface area contributed by atoms with Crippen LogP contribution in [0.4, 0.5) is 5.69 Å². The predicted molar refractivity (Wildman–Crippen MR) is 165 cm³/mol. The second-order valence-electron chi connectivity index (χ2n) is 10.1. The molecule has 6 aromatic rings. The number of anilines is 1. The lowest BCUT2D eigenvalue weighted by Crippen LogP contribution is -2.07. The monoisotopic (exact) mass is 525 g/mol. The van der Waals surface area contributed by atoms with Crippen LogP contribution in [-0.2, 0) is 6.42 Å². The van der Waals surface area contributed by atoms with Crippen LogP contribution in [0.5, 0.6) is 17.2 Å². The Morgan fingerprint density at radius 1 is 0.625 bits per heavy atom. The molecule has 3 N–H and O–H groups in total. The van der Waals surface area contributed by atoms with Crippen molar-refractivity contribution in [1.82, 2.24) is 0 Å². The normalized spacial score (nSPS) is 11.1. The Morgan fingerprint density at radius 3 is 2.20 bits per heavy atom. The van der Waals surface area contributed by atoms with Crippen LogP contribution in [0.1, 0.15) is 17.5 Å². The van der Waals surface area contributed by atoms with Crippen molar-refractivity contribution in [1.29, 1.82) is 0 Å². The molecule has 0 saturated carbocycles. The number of nitrogens with one attached hydrogen (secondary N) is 1. The Morgan fingerprint density at radius 2 is 1.38 bits per heavy atom. The highest BCUT2D eigenvalue weighted by Gasteiger charge is 2.12. The van der Waals surface area contributed by atoms with E-state index in [-0.39, 0.29) is 11.5 Å². The molecule has 0 radical (unpaired) electrons. The largest absolute Gasteiger partial charge is 0.508 e. The van der Waals surface area contributed by atoms with Crippen molar-refractivity contribution < 1.29 is 14.9 Å². The summed E-state index contributed by atoms with van der Waals surface area (Å²) in [5.74, 6) is 1.36. The lowest BCUT2D eigenvalue weighted by Gasteiger charge is -2.15. The molecule has 0 saturated heterocycles. The maximum absolute atomic E-state index is 10.0. The molecule has 4 heteroatoms. The molecule has 0 spiro atoms. The average molecular weight is 526 g/mol. The number of phenols is 2. The Kier molecular flexibility index (Phi) is 7.23. The van der Waals surface area contributed by atoms with Gasteiger partial charge in [0, 0.05) is 12.2 Å². The number of fused-ring (bicyclic) bond motifs is 2. The minimum atomic E-state index is 0.246. The Balaban J connectivity index is 1.11. The fourth-order valence-electron chi connectivity index (χ4n) is 5.19. The van der Waals surface area contributed by atoms with Gasteiger partial charge in [-0.2, -0.15) is 0 Å². The summed E-state index contributed by atoms with van der Waals surface area (Å²) < 4.78 is 6.02. The Bertz CT molecular complexity index is 1760. The molecule has 0 aliphatic carbocycles. The Hall–Kier alpha value is -4.96. The maximum Gasteiger partial charge on any atom is 0.119 e. The summed E-state index contributed by atoms with van der Waals surface area (Å²) >= 11 is 0. The van der Waals surface area contributed by atoms with Crippen molar-refractivity contribution in [2.75, 3.05) is 18.5 Å². The van der Waals surface area contributed by atoms with Gasteiger partial charge < -0.3 is 20.3 Å². The van der Waals surface area contributed by atoms with E-state index in [0.717, 1.165) is 52.7 Å². The van der Waals surface area contributed by atoms with E-state index in [2.05, 4.69) is 66.0 Å². The van der Waals surface area contributed by atoms with Gasteiger partial charge in [0.15, 0.2) is 0 Å². The zero-order valence-corrected chi connectivity index (χ0v) is 22.2. The first-order chi connectivity index (χ1) is 19.6. The number of benzene rings is 6. The number of rotatable bonds is 9. The van der Waals surface area contributed by atoms with Crippen LogP contribution < -0.4 is 10.1 Å². The van der Waals surface area contributed by atoms with Gasteiger partial charge in [0.1, 0.15) is 17.2 Å². The molecule has 0 aliphatic heterocycles. The minimum absolute atomic E-state index is 0.246. The summed E-state index contributed by atoms with van der Waals surface area (Å²) in [5, 5.41) is 27.9. The van der Waals surface area contributed by atoms with Gasteiger partial charge in [-0.05, 0) is 105 Å². The first-order valence-electron chi connectivity index (χ1n) is 13.6. The fourth-order valence-corrected chi connectivity index (χ4v) is 5.19. The molecular formula is C36H31NO3. The van der Waals surface area contributed by atoms with E-state index >= 15 is 0 Å². The third-order valence-corrected chi connectivity index (χ3v) is 7.27. The summed E-state index contributed by atoms with van der Waals surface area (Å²) in [7, 11) is 0. The molecule has 0 amide bonds. The van der Waals surface area contributed by atoms with Gasteiger partial charge in [-0.1, -0.05) is 72.8 Å². The van der Waals surface area contributed by atoms with Gasteiger partial charge in [0.25, 0.3) is 0 Å². The number of hydrogen-bond acceptors (Lipinski definition) is 4. The molecule has 40 heavy (non-hydrogen) atoms. The van der Waals surface area contributed by atoms with Crippen LogP contribution in [0.2, 0.25) is 0 Å². The zero-order valence-electron chi connectivity index (χ0n) is 22.2. The van der Waals surface area contributed by atoms with Gasteiger partial charge in [0.05, 0.1) is 6.61 Å². The van der Waals surface area contributed by atoms with Crippen molar-refractivity contribution in [2.24, 2.45) is 0 Å². The van der Waals surface area contributed by atoms with Crippen molar-refractivity contribution in [3.63, 3.8) is 0 Å². The second kappa shape index (κ2) is 11.4. The minimum Gasteiger partial charge on any atom is -0.508 e. The smallest absolute Gasteiger partial charge is 0.119 e. The molecule has 6 aromatic carbocycles. The average Bonchev–Trinajstić information content (AvgIpc) is 2.98. The fraction of sp³-hybridized carbons (Fsp3) is 0.111. The molecule has 0 bridgehead atoms. The Labute approximate surface area is 234 Å². The number of aromatic hydroxyl groups is 2. The predicted octanol–water partition coefficient (Wildman–Crippen LogP) is 8.54. The molecule has 0 atom stereocenters. The highest BCUT2D eigenvalue weighted by atomic mass is 16.5. The summed E-state index contributed by atoms with van der Waals surface area (Å²) in [6.07, 6.45) is 1.63. The number of phenolic OH excluding ortho intramolecular Hbond substituents is 2. The summed E-state index contributed by atoms with van der Waals surface area (Å²) in [6, 6.07) is 40.0. The highest BCUT2D eigenvalue weighted by molar-refractivity contribution is 5.93. The first kappa shape index (κ1) is 25.3. The van der Waals surface area contributed by atoms with E-state index in [1.807, 2.05) is 36.4 Å². The second-order valence-corrected chi connectivity index (χ2v) is 10.1.